The first kappa shape index (κ1) is 11.6. The van der Waals surface area contributed by atoms with Crippen LogP contribution >= 0.6 is 11.8 Å². The molecule has 0 unspecified atom stereocenters. The summed E-state index contributed by atoms with van der Waals surface area (Å²) in [4.78, 5) is 11.4. The van der Waals surface area contributed by atoms with Gasteiger partial charge < -0.3 is 4.42 Å². The maximum Gasteiger partial charge on any atom is 0.268 e. The molecule has 2 heterocycles. The highest BCUT2D eigenvalue weighted by Crippen LogP contribution is 2.22. The molecule has 0 saturated carbocycles. The second-order valence-electron chi connectivity index (χ2n) is 3.10. The maximum atomic E-state index is 11.4. The predicted octanol–water partition coefficient (Wildman–Crippen LogP) is -0.301. The molecule has 0 aliphatic carbocycles. The number of aromatic nitrogens is 4. The topological polar surface area (TPSA) is 112 Å². The predicted molar refractivity (Wildman–Crippen MR) is 58.7 cm³/mol. The maximum absolute atomic E-state index is 11.4. The van der Waals surface area contributed by atoms with E-state index in [0.29, 0.717) is 22.2 Å². The Labute approximate surface area is 101 Å². The molecule has 0 radical (unpaired) electrons. The number of aryl methyl sites for hydroxylation is 1. The second-order valence-corrected chi connectivity index (χ2v) is 4.05. The molecular formula is C8H10N6O2S. The van der Waals surface area contributed by atoms with Crippen molar-refractivity contribution in [1.82, 2.24) is 25.6 Å². The molecule has 2 rings (SSSR count). The van der Waals surface area contributed by atoms with Gasteiger partial charge in [0.05, 0.1) is 17.6 Å². The number of rotatable bonds is 4. The third kappa shape index (κ3) is 2.45. The molecule has 0 bridgehead atoms. The summed E-state index contributed by atoms with van der Waals surface area (Å²) < 4.78 is 6.75. The van der Waals surface area contributed by atoms with Crippen molar-refractivity contribution in [3.8, 4) is 0 Å². The standard InChI is InChI=1S/C8H10N6O2S/c1-14-8(11-12-13-14)17-4-6-5(2-3-16-6)7(15)10-9/h2-3H,4,9H2,1H3,(H,10,15). The summed E-state index contributed by atoms with van der Waals surface area (Å²) in [5.41, 5.74) is 2.47. The van der Waals surface area contributed by atoms with Crippen LogP contribution in [0.15, 0.2) is 21.9 Å². The zero-order valence-corrected chi connectivity index (χ0v) is 9.77. The molecule has 0 fully saturated rings. The number of hydrazine groups is 1. The molecule has 17 heavy (non-hydrogen) atoms. The molecule has 0 aliphatic heterocycles. The van der Waals surface area contributed by atoms with Crippen LogP contribution in [-0.2, 0) is 12.8 Å². The van der Waals surface area contributed by atoms with Crippen molar-refractivity contribution in [1.29, 1.82) is 0 Å². The fourth-order valence-electron chi connectivity index (χ4n) is 1.21. The Balaban J connectivity index is 2.07. The molecule has 0 saturated heterocycles. The summed E-state index contributed by atoms with van der Waals surface area (Å²) in [6.07, 6.45) is 1.44. The van der Waals surface area contributed by atoms with Crippen LogP contribution in [0.25, 0.3) is 0 Å². The van der Waals surface area contributed by atoms with Crippen molar-refractivity contribution >= 4 is 17.7 Å². The SMILES string of the molecule is Cn1nnnc1SCc1occc1C(=O)NN. The molecule has 0 atom stereocenters. The molecule has 8 nitrogen and oxygen atoms in total. The van der Waals surface area contributed by atoms with E-state index in [-0.39, 0.29) is 5.91 Å². The zero-order valence-electron chi connectivity index (χ0n) is 8.95. The van der Waals surface area contributed by atoms with Crippen LogP contribution in [0.5, 0.6) is 0 Å². The van der Waals surface area contributed by atoms with E-state index in [1.54, 1.807) is 13.1 Å². The summed E-state index contributed by atoms with van der Waals surface area (Å²) in [6.45, 7) is 0. The van der Waals surface area contributed by atoms with Crippen molar-refractivity contribution in [2.24, 2.45) is 12.9 Å². The first-order valence-electron chi connectivity index (χ1n) is 4.65. The molecular weight excluding hydrogens is 244 g/mol. The third-order valence-electron chi connectivity index (χ3n) is 2.03. The van der Waals surface area contributed by atoms with E-state index >= 15 is 0 Å². The lowest BCUT2D eigenvalue weighted by molar-refractivity contribution is 0.0952. The highest BCUT2D eigenvalue weighted by molar-refractivity contribution is 7.98. The van der Waals surface area contributed by atoms with Crippen LogP contribution in [0.4, 0.5) is 0 Å². The first-order valence-corrected chi connectivity index (χ1v) is 5.63. The second kappa shape index (κ2) is 4.97. The van der Waals surface area contributed by atoms with Crippen LogP contribution in [0.2, 0.25) is 0 Å². The van der Waals surface area contributed by atoms with Crippen LogP contribution in [0.1, 0.15) is 16.1 Å². The fourth-order valence-corrected chi connectivity index (χ4v) is 2.01. The number of nitrogen functional groups attached to an aromatic ring is 1. The summed E-state index contributed by atoms with van der Waals surface area (Å²) >= 11 is 1.37. The molecule has 0 aliphatic rings. The van der Waals surface area contributed by atoms with Gasteiger partial charge in [0.2, 0.25) is 5.16 Å². The van der Waals surface area contributed by atoms with E-state index in [9.17, 15) is 4.79 Å². The van der Waals surface area contributed by atoms with Crippen LogP contribution < -0.4 is 11.3 Å². The Kier molecular flexibility index (Phi) is 3.40. The van der Waals surface area contributed by atoms with Gasteiger partial charge in [0, 0.05) is 7.05 Å². The number of hydrogen-bond donors (Lipinski definition) is 2. The van der Waals surface area contributed by atoms with E-state index in [2.05, 4.69) is 21.0 Å². The Bertz CT molecular complexity index is 522. The largest absolute Gasteiger partial charge is 0.468 e. The number of nitrogens with zero attached hydrogens (tertiary/aromatic N) is 4. The molecule has 90 valence electrons. The minimum Gasteiger partial charge on any atom is -0.468 e. The number of amides is 1. The van der Waals surface area contributed by atoms with Gasteiger partial charge in [-0.15, -0.1) is 5.10 Å². The van der Waals surface area contributed by atoms with Gasteiger partial charge in [0.15, 0.2) is 0 Å². The highest BCUT2D eigenvalue weighted by Gasteiger charge is 2.14. The Morgan fingerprint density at radius 3 is 3.18 bits per heavy atom. The third-order valence-corrected chi connectivity index (χ3v) is 3.05. The minimum atomic E-state index is -0.384. The molecule has 2 aromatic heterocycles. The van der Waals surface area contributed by atoms with Gasteiger partial charge in [-0.05, 0) is 16.5 Å². The number of carbonyl (C=O) groups excluding carboxylic acids is 1. The summed E-state index contributed by atoms with van der Waals surface area (Å²) in [5, 5.41) is 11.6. The average Bonchev–Trinajstić information content (AvgIpc) is 2.94. The van der Waals surface area contributed by atoms with Gasteiger partial charge in [-0.2, -0.15) is 0 Å². The van der Waals surface area contributed by atoms with Crippen molar-refractivity contribution < 1.29 is 9.21 Å². The normalized spacial score (nSPS) is 10.5. The van der Waals surface area contributed by atoms with Crippen molar-refractivity contribution in [2.75, 3.05) is 0 Å². The Morgan fingerprint density at radius 2 is 2.53 bits per heavy atom. The Morgan fingerprint density at radius 1 is 1.71 bits per heavy atom. The Hall–Kier alpha value is -1.87. The number of furan rings is 1. The number of nitrogens with one attached hydrogen (secondary N) is 1. The smallest absolute Gasteiger partial charge is 0.268 e. The monoisotopic (exact) mass is 254 g/mol. The first-order chi connectivity index (χ1) is 8.22. The molecule has 0 spiro atoms. The number of nitrogens with two attached hydrogens (primary N) is 1. The van der Waals surface area contributed by atoms with Gasteiger partial charge in [0.1, 0.15) is 5.76 Å². The number of tetrazole rings is 1. The van der Waals surface area contributed by atoms with Gasteiger partial charge in [0.25, 0.3) is 5.91 Å². The lowest BCUT2D eigenvalue weighted by atomic mass is 10.2. The van der Waals surface area contributed by atoms with E-state index in [0.717, 1.165) is 0 Å². The van der Waals surface area contributed by atoms with Gasteiger partial charge in [-0.3, -0.25) is 10.2 Å². The van der Waals surface area contributed by atoms with E-state index in [4.69, 9.17) is 10.3 Å². The molecule has 0 aromatic carbocycles. The quantitative estimate of drug-likeness (QED) is 0.333. The molecule has 9 heteroatoms. The van der Waals surface area contributed by atoms with E-state index in [1.165, 1.54) is 22.7 Å². The summed E-state index contributed by atoms with van der Waals surface area (Å²) in [5.74, 6) is 5.66. The average molecular weight is 254 g/mol. The number of thioether (sulfide) groups is 1. The summed E-state index contributed by atoms with van der Waals surface area (Å²) in [6, 6.07) is 1.56. The van der Waals surface area contributed by atoms with Crippen molar-refractivity contribution in [2.45, 2.75) is 10.9 Å². The molecule has 2 aromatic rings. The van der Waals surface area contributed by atoms with Crippen molar-refractivity contribution in [3.05, 3.63) is 23.7 Å². The zero-order chi connectivity index (χ0) is 12.3. The molecule has 1 amide bonds. The van der Waals surface area contributed by atoms with Crippen LogP contribution in [0, 0.1) is 0 Å². The number of hydrogen-bond acceptors (Lipinski definition) is 7. The fraction of sp³-hybridized carbons (Fsp3) is 0.250. The lowest BCUT2D eigenvalue weighted by Gasteiger charge is -2.00. The van der Waals surface area contributed by atoms with Gasteiger partial charge in [-0.1, -0.05) is 11.8 Å². The van der Waals surface area contributed by atoms with Crippen LogP contribution in [-0.4, -0.2) is 26.1 Å². The highest BCUT2D eigenvalue weighted by atomic mass is 32.2. The summed E-state index contributed by atoms with van der Waals surface area (Å²) in [7, 11) is 1.73. The van der Waals surface area contributed by atoms with E-state index in [1.807, 2.05) is 0 Å². The lowest BCUT2D eigenvalue weighted by Crippen LogP contribution is -2.30. The van der Waals surface area contributed by atoms with Gasteiger partial charge in [-0.25, -0.2) is 10.5 Å². The minimum absolute atomic E-state index is 0.384. The van der Waals surface area contributed by atoms with Gasteiger partial charge >= 0.3 is 0 Å². The van der Waals surface area contributed by atoms with Crippen LogP contribution in [0.3, 0.4) is 0 Å². The molecule has 3 N–H and O–H groups in total. The number of carbonyl (C=O) groups is 1. The van der Waals surface area contributed by atoms with Crippen molar-refractivity contribution in [3.63, 3.8) is 0 Å². The van der Waals surface area contributed by atoms with E-state index < -0.39 is 0 Å².